The molecule has 1 amide bonds. The minimum absolute atomic E-state index is 0.123. The van der Waals surface area contributed by atoms with Gasteiger partial charge in [0.1, 0.15) is 5.75 Å². The summed E-state index contributed by atoms with van der Waals surface area (Å²) in [6.07, 6.45) is 3.98. The lowest BCUT2D eigenvalue weighted by atomic mass is 9.82. The van der Waals surface area contributed by atoms with Crippen LogP contribution in [0.3, 0.4) is 0 Å². The molecule has 0 saturated carbocycles. The Morgan fingerprint density at radius 3 is 2.55 bits per heavy atom. The van der Waals surface area contributed by atoms with E-state index in [2.05, 4.69) is 4.98 Å². The Morgan fingerprint density at radius 2 is 1.93 bits per heavy atom. The van der Waals surface area contributed by atoms with Gasteiger partial charge in [-0.25, -0.2) is 0 Å². The Morgan fingerprint density at radius 1 is 1.21 bits per heavy atom. The number of aliphatic hydroxyl groups is 1. The number of nitrogens with zero attached hydrogens (tertiary/aromatic N) is 2. The third kappa shape index (κ3) is 4.01. The predicted molar refractivity (Wildman–Crippen MR) is 110 cm³/mol. The molecule has 1 atom stereocenters. The van der Waals surface area contributed by atoms with Gasteiger partial charge in [-0.3, -0.25) is 14.6 Å². The first-order chi connectivity index (χ1) is 13.8. The maximum absolute atomic E-state index is 13.2. The molecule has 29 heavy (non-hydrogen) atoms. The van der Waals surface area contributed by atoms with Gasteiger partial charge < -0.3 is 14.7 Å². The second kappa shape index (κ2) is 8.07. The van der Waals surface area contributed by atoms with Crippen molar-refractivity contribution in [2.45, 2.75) is 33.2 Å². The molecular weight excluding hydrogens is 368 g/mol. The largest absolute Gasteiger partial charge is 0.503 e. The van der Waals surface area contributed by atoms with Crippen molar-refractivity contribution < 1.29 is 19.4 Å². The molecule has 152 valence electrons. The number of hydrogen-bond acceptors (Lipinski definition) is 5. The van der Waals surface area contributed by atoms with Crippen molar-refractivity contribution in [3.05, 3.63) is 71.3 Å². The molecule has 0 spiro atoms. The summed E-state index contributed by atoms with van der Waals surface area (Å²) in [6.45, 7) is 5.66. The minimum Gasteiger partial charge on any atom is -0.503 e. The van der Waals surface area contributed by atoms with Gasteiger partial charge in [0.2, 0.25) is 0 Å². The smallest absolute Gasteiger partial charge is 0.290 e. The van der Waals surface area contributed by atoms with E-state index in [0.29, 0.717) is 24.3 Å². The summed E-state index contributed by atoms with van der Waals surface area (Å²) in [5, 5.41) is 10.7. The summed E-state index contributed by atoms with van der Waals surface area (Å²) < 4.78 is 5.49. The first-order valence-corrected chi connectivity index (χ1v) is 9.56. The van der Waals surface area contributed by atoms with Gasteiger partial charge in [-0.05, 0) is 24.1 Å². The highest BCUT2D eigenvalue weighted by atomic mass is 16.5. The third-order valence-corrected chi connectivity index (χ3v) is 5.03. The van der Waals surface area contributed by atoms with Crippen LogP contribution in [0, 0.1) is 5.41 Å². The Kier molecular flexibility index (Phi) is 5.73. The van der Waals surface area contributed by atoms with Crippen molar-refractivity contribution in [3.8, 4) is 5.75 Å². The van der Waals surface area contributed by atoms with Crippen molar-refractivity contribution in [2.75, 3.05) is 13.7 Å². The number of hydrogen-bond donors (Lipinski definition) is 1. The van der Waals surface area contributed by atoms with E-state index >= 15 is 0 Å². The van der Waals surface area contributed by atoms with E-state index in [1.807, 2.05) is 30.3 Å². The second-order valence-electron chi connectivity index (χ2n) is 8.10. The lowest BCUT2D eigenvalue weighted by Crippen LogP contribution is -2.34. The van der Waals surface area contributed by atoms with Crippen LogP contribution in [0.5, 0.6) is 5.75 Å². The number of amides is 1. The monoisotopic (exact) mass is 394 g/mol. The van der Waals surface area contributed by atoms with E-state index in [-0.39, 0.29) is 11.4 Å². The van der Waals surface area contributed by atoms with Crippen molar-refractivity contribution in [1.82, 2.24) is 9.88 Å². The highest BCUT2D eigenvalue weighted by Crippen LogP contribution is 2.43. The Labute approximate surface area is 170 Å². The number of Topliss-reactive ketones (excluding diaryl/α,β-unsaturated/α-hetero) is 1. The van der Waals surface area contributed by atoms with Gasteiger partial charge in [-0.1, -0.05) is 45.0 Å². The van der Waals surface area contributed by atoms with E-state index in [4.69, 9.17) is 4.74 Å². The van der Waals surface area contributed by atoms with E-state index < -0.39 is 23.1 Å². The normalized spacial score (nSPS) is 17.0. The lowest BCUT2D eigenvalue weighted by Gasteiger charge is -2.29. The van der Waals surface area contributed by atoms with Crippen molar-refractivity contribution in [3.63, 3.8) is 0 Å². The van der Waals surface area contributed by atoms with Gasteiger partial charge in [0.25, 0.3) is 5.91 Å². The molecule has 6 heteroatoms. The van der Waals surface area contributed by atoms with Crippen molar-refractivity contribution >= 4 is 11.7 Å². The molecule has 0 saturated heterocycles. The number of carbonyl (C=O) groups is 2. The first-order valence-electron chi connectivity index (χ1n) is 9.56. The fourth-order valence-electron chi connectivity index (χ4n) is 3.53. The molecule has 0 aliphatic carbocycles. The average Bonchev–Trinajstić information content (AvgIpc) is 2.96. The minimum atomic E-state index is -0.747. The number of aromatic nitrogens is 1. The molecule has 1 aromatic heterocycles. The highest BCUT2D eigenvalue weighted by molar-refractivity contribution is 6.10. The summed E-state index contributed by atoms with van der Waals surface area (Å²) in [5.41, 5.74) is 1.02. The number of para-hydroxylation sites is 1. The van der Waals surface area contributed by atoms with Crippen LogP contribution in [0.15, 0.2) is 60.1 Å². The van der Waals surface area contributed by atoms with Gasteiger partial charge in [-0.2, -0.15) is 0 Å². The number of carbonyl (C=O) groups excluding carboxylic acids is 2. The molecule has 6 nitrogen and oxygen atoms in total. The van der Waals surface area contributed by atoms with Crippen LogP contribution in [-0.4, -0.2) is 40.3 Å². The van der Waals surface area contributed by atoms with Gasteiger partial charge in [0, 0.05) is 29.9 Å². The lowest BCUT2D eigenvalue weighted by molar-refractivity contribution is -0.129. The average molecular weight is 394 g/mol. The molecule has 1 aliphatic rings. The Hall–Kier alpha value is -3.15. The zero-order valence-corrected chi connectivity index (χ0v) is 17.2. The van der Waals surface area contributed by atoms with Crippen molar-refractivity contribution in [2.24, 2.45) is 5.41 Å². The summed E-state index contributed by atoms with van der Waals surface area (Å²) >= 11 is 0. The Bertz CT molecular complexity index is 945. The SMILES string of the molecule is COc1ccccc1[C@@H]1C(C(=O)C(C)(C)C)=C(O)C(=O)N1CCc1cccnc1. The number of ether oxygens (including phenoxy) is 1. The van der Waals surface area contributed by atoms with E-state index in [0.717, 1.165) is 5.56 Å². The van der Waals surface area contributed by atoms with Crippen LogP contribution >= 0.6 is 0 Å². The number of pyridine rings is 1. The molecule has 2 heterocycles. The van der Waals surface area contributed by atoms with Crippen LogP contribution in [0.25, 0.3) is 0 Å². The van der Waals surface area contributed by atoms with E-state index in [9.17, 15) is 14.7 Å². The molecular formula is C23H26N2O4. The molecule has 2 aromatic rings. The van der Waals surface area contributed by atoms with Crippen molar-refractivity contribution in [1.29, 1.82) is 0 Å². The second-order valence-corrected chi connectivity index (χ2v) is 8.10. The molecule has 0 unspecified atom stereocenters. The maximum atomic E-state index is 13.2. The third-order valence-electron chi connectivity index (χ3n) is 5.03. The molecule has 1 N–H and O–H groups in total. The summed E-state index contributed by atoms with van der Waals surface area (Å²) in [5.74, 6) is -0.724. The molecule has 1 aliphatic heterocycles. The fourth-order valence-corrected chi connectivity index (χ4v) is 3.53. The van der Waals surface area contributed by atoms with Crippen LogP contribution < -0.4 is 4.74 Å². The first kappa shape index (κ1) is 20.6. The topological polar surface area (TPSA) is 79.7 Å². The zero-order chi connectivity index (χ0) is 21.2. The standard InChI is InChI=1S/C23H26N2O4/c1-23(2,3)21(27)18-19(16-9-5-6-10-17(16)29-4)25(22(28)20(18)26)13-11-15-8-7-12-24-14-15/h5-10,12,14,19,26H,11,13H2,1-4H3/t19-/m1/s1. The number of benzene rings is 1. The summed E-state index contributed by atoms with van der Waals surface area (Å²) in [6, 6.07) is 10.3. The number of rotatable bonds is 6. The van der Waals surface area contributed by atoms with Gasteiger partial charge in [0.05, 0.1) is 18.7 Å². The highest BCUT2D eigenvalue weighted by Gasteiger charge is 2.46. The zero-order valence-electron chi connectivity index (χ0n) is 17.2. The molecule has 1 aromatic carbocycles. The van der Waals surface area contributed by atoms with Gasteiger partial charge >= 0.3 is 0 Å². The molecule has 0 fully saturated rings. The number of aliphatic hydroxyl groups excluding tert-OH is 1. The van der Waals surface area contributed by atoms with Crippen LogP contribution in [-0.2, 0) is 16.0 Å². The summed E-state index contributed by atoms with van der Waals surface area (Å²) in [7, 11) is 1.55. The van der Waals surface area contributed by atoms with Gasteiger partial charge in [0.15, 0.2) is 11.5 Å². The van der Waals surface area contributed by atoms with Crippen LogP contribution in [0.1, 0.15) is 37.9 Å². The predicted octanol–water partition coefficient (Wildman–Crippen LogP) is 3.64. The van der Waals surface area contributed by atoms with Crippen LogP contribution in [0.2, 0.25) is 0 Å². The summed E-state index contributed by atoms with van der Waals surface area (Å²) in [4.78, 5) is 31.8. The number of methoxy groups -OCH3 is 1. The van der Waals surface area contributed by atoms with E-state index in [1.54, 1.807) is 51.2 Å². The molecule has 0 bridgehead atoms. The molecule has 0 radical (unpaired) electrons. The van der Waals surface area contributed by atoms with Gasteiger partial charge in [-0.15, -0.1) is 0 Å². The quantitative estimate of drug-likeness (QED) is 0.809. The van der Waals surface area contributed by atoms with E-state index in [1.165, 1.54) is 0 Å². The number of ketones is 1. The Balaban J connectivity index is 2.05. The van der Waals surface area contributed by atoms with Crippen LogP contribution in [0.4, 0.5) is 0 Å². The fraction of sp³-hybridized carbons (Fsp3) is 0.348. The maximum Gasteiger partial charge on any atom is 0.290 e. The molecule has 3 rings (SSSR count).